The summed E-state index contributed by atoms with van der Waals surface area (Å²) in [7, 11) is 0. The van der Waals surface area contributed by atoms with E-state index in [0.717, 1.165) is 38.3 Å². The number of nitrogen functional groups attached to an aromatic ring is 1. The van der Waals surface area contributed by atoms with Gasteiger partial charge in [-0.25, -0.2) is 0 Å². The molecule has 1 aromatic carbocycles. The Morgan fingerprint density at radius 3 is 2.73 bits per heavy atom. The highest BCUT2D eigenvalue weighted by molar-refractivity contribution is 5.50. The third kappa shape index (κ3) is 2.61. The molecule has 0 atom stereocenters. The molecule has 2 rings (SSSR count). The number of benzene rings is 1. The quantitative estimate of drug-likeness (QED) is 0.614. The number of anilines is 1. The smallest absolute Gasteiger partial charge is 0.117 e. The zero-order valence-corrected chi connectivity index (χ0v) is 8.74. The van der Waals surface area contributed by atoms with Gasteiger partial charge in [0.15, 0.2) is 0 Å². The van der Waals surface area contributed by atoms with Gasteiger partial charge in [-0.2, -0.15) is 0 Å². The van der Waals surface area contributed by atoms with Crippen molar-refractivity contribution in [2.45, 2.75) is 6.54 Å². The van der Waals surface area contributed by atoms with Crippen LogP contribution in [0.25, 0.3) is 0 Å². The van der Waals surface area contributed by atoms with Crippen molar-refractivity contribution >= 4 is 5.69 Å². The zero-order chi connectivity index (χ0) is 10.7. The first-order valence-electron chi connectivity index (χ1n) is 5.26. The number of hydrogen-bond acceptors (Lipinski definition) is 4. The largest absolute Gasteiger partial charge is 0.508 e. The molecule has 1 fully saturated rings. The van der Waals surface area contributed by atoms with Crippen LogP contribution in [-0.2, 0) is 6.54 Å². The van der Waals surface area contributed by atoms with E-state index in [9.17, 15) is 5.11 Å². The van der Waals surface area contributed by atoms with Gasteiger partial charge in [0.2, 0.25) is 0 Å². The molecule has 0 bridgehead atoms. The number of hydrogen-bond donors (Lipinski definition) is 3. The summed E-state index contributed by atoms with van der Waals surface area (Å²) in [6.45, 7) is 5.06. The number of nitrogens with zero attached hydrogens (tertiary/aromatic N) is 1. The third-order valence-corrected chi connectivity index (χ3v) is 2.73. The minimum absolute atomic E-state index is 0.233. The highest BCUT2D eigenvalue weighted by atomic mass is 16.3. The molecule has 1 saturated heterocycles. The van der Waals surface area contributed by atoms with E-state index in [1.54, 1.807) is 12.1 Å². The van der Waals surface area contributed by atoms with Crippen LogP contribution in [0, 0.1) is 0 Å². The van der Waals surface area contributed by atoms with Crippen LogP contribution < -0.4 is 11.1 Å². The molecule has 0 radical (unpaired) electrons. The highest BCUT2D eigenvalue weighted by Crippen LogP contribution is 2.20. The van der Waals surface area contributed by atoms with E-state index in [4.69, 9.17) is 5.73 Å². The maximum Gasteiger partial charge on any atom is 0.117 e. The summed E-state index contributed by atoms with van der Waals surface area (Å²) >= 11 is 0. The van der Waals surface area contributed by atoms with Gasteiger partial charge in [-0.15, -0.1) is 0 Å². The first kappa shape index (κ1) is 10.3. The number of phenolic OH excluding ortho intramolecular Hbond substituents is 1. The van der Waals surface area contributed by atoms with Crippen LogP contribution in [0.4, 0.5) is 5.69 Å². The van der Waals surface area contributed by atoms with Crippen molar-refractivity contribution < 1.29 is 5.11 Å². The Hall–Kier alpha value is -1.26. The van der Waals surface area contributed by atoms with Crippen LogP contribution in [0.1, 0.15) is 5.56 Å². The molecule has 4 nitrogen and oxygen atoms in total. The summed E-state index contributed by atoms with van der Waals surface area (Å²) < 4.78 is 0. The molecule has 0 aliphatic carbocycles. The number of rotatable bonds is 2. The second kappa shape index (κ2) is 4.51. The Morgan fingerprint density at radius 1 is 1.33 bits per heavy atom. The standard InChI is InChI=1S/C11H17N3O/c12-11-7-10(15)2-1-9(11)8-14-5-3-13-4-6-14/h1-2,7,13,15H,3-6,8,12H2. The van der Waals surface area contributed by atoms with E-state index in [-0.39, 0.29) is 5.75 Å². The van der Waals surface area contributed by atoms with E-state index < -0.39 is 0 Å². The Balaban J connectivity index is 2.03. The van der Waals surface area contributed by atoms with Gasteiger partial charge in [0.1, 0.15) is 5.75 Å². The molecule has 1 aliphatic heterocycles. The van der Waals surface area contributed by atoms with Gasteiger partial charge in [-0.1, -0.05) is 6.07 Å². The molecular weight excluding hydrogens is 190 g/mol. The Morgan fingerprint density at radius 2 is 2.07 bits per heavy atom. The number of nitrogens with one attached hydrogen (secondary N) is 1. The van der Waals surface area contributed by atoms with Crippen LogP contribution in [0.3, 0.4) is 0 Å². The molecule has 1 aliphatic rings. The fourth-order valence-corrected chi connectivity index (χ4v) is 1.84. The first-order valence-corrected chi connectivity index (χ1v) is 5.26. The van der Waals surface area contributed by atoms with Gasteiger partial charge in [0.05, 0.1) is 0 Å². The van der Waals surface area contributed by atoms with Crippen molar-refractivity contribution in [2.75, 3.05) is 31.9 Å². The molecule has 0 saturated carbocycles. The lowest BCUT2D eigenvalue weighted by molar-refractivity contribution is 0.233. The first-order chi connectivity index (χ1) is 7.25. The molecule has 15 heavy (non-hydrogen) atoms. The minimum atomic E-state index is 0.233. The summed E-state index contributed by atoms with van der Waals surface area (Å²) in [5, 5.41) is 12.6. The number of phenols is 1. The summed E-state index contributed by atoms with van der Waals surface area (Å²) in [6.07, 6.45) is 0. The lowest BCUT2D eigenvalue weighted by atomic mass is 10.1. The van der Waals surface area contributed by atoms with Gasteiger partial charge in [-0.3, -0.25) is 4.90 Å². The molecular formula is C11H17N3O. The molecule has 4 N–H and O–H groups in total. The lowest BCUT2D eigenvalue weighted by Gasteiger charge is -2.27. The predicted octanol–water partition coefficient (Wildman–Crippen LogP) is 0.380. The van der Waals surface area contributed by atoms with E-state index in [0.29, 0.717) is 5.69 Å². The van der Waals surface area contributed by atoms with Gasteiger partial charge in [-0.05, 0) is 11.6 Å². The zero-order valence-electron chi connectivity index (χ0n) is 8.74. The van der Waals surface area contributed by atoms with Crippen molar-refractivity contribution in [1.82, 2.24) is 10.2 Å². The molecule has 82 valence electrons. The van der Waals surface area contributed by atoms with E-state index in [1.807, 2.05) is 6.07 Å². The van der Waals surface area contributed by atoms with Crippen molar-refractivity contribution in [3.05, 3.63) is 23.8 Å². The average molecular weight is 207 g/mol. The maximum absolute atomic E-state index is 9.24. The normalized spacial score (nSPS) is 17.9. The summed E-state index contributed by atoms with van der Waals surface area (Å²) in [6, 6.07) is 5.19. The van der Waals surface area contributed by atoms with Gasteiger partial charge in [0.25, 0.3) is 0 Å². The average Bonchev–Trinajstić information content (AvgIpc) is 2.24. The second-order valence-corrected chi connectivity index (χ2v) is 3.91. The summed E-state index contributed by atoms with van der Waals surface area (Å²) in [5.74, 6) is 0.233. The molecule has 1 aromatic rings. The fraction of sp³-hybridized carbons (Fsp3) is 0.455. The van der Waals surface area contributed by atoms with Crippen molar-refractivity contribution in [3.8, 4) is 5.75 Å². The third-order valence-electron chi connectivity index (χ3n) is 2.73. The van der Waals surface area contributed by atoms with Crippen LogP contribution in [0.5, 0.6) is 5.75 Å². The van der Waals surface area contributed by atoms with Crippen molar-refractivity contribution in [3.63, 3.8) is 0 Å². The fourth-order valence-electron chi connectivity index (χ4n) is 1.84. The molecule has 0 spiro atoms. The van der Waals surface area contributed by atoms with Crippen molar-refractivity contribution in [1.29, 1.82) is 0 Å². The van der Waals surface area contributed by atoms with Gasteiger partial charge < -0.3 is 16.2 Å². The van der Waals surface area contributed by atoms with Crippen LogP contribution in [0.15, 0.2) is 18.2 Å². The molecule has 0 unspecified atom stereocenters. The number of piperazine rings is 1. The SMILES string of the molecule is Nc1cc(O)ccc1CN1CCNCC1. The maximum atomic E-state index is 9.24. The van der Waals surface area contributed by atoms with Gasteiger partial charge >= 0.3 is 0 Å². The van der Waals surface area contributed by atoms with E-state index in [1.165, 1.54) is 0 Å². The van der Waals surface area contributed by atoms with Crippen molar-refractivity contribution in [2.24, 2.45) is 0 Å². The minimum Gasteiger partial charge on any atom is -0.508 e. The predicted molar refractivity (Wildman–Crippen MR) is 60.7 cm³/mol. The number of aromatic hydroxyl groups is 1. The van der Waals surface area contributed by atoms with E-state index in [2.05, 4.69) is 10.2 Å². The topological polar surface area (TPSA) is 61.5 Å². The summed E-state index contributed by atoms with van der Waals surface area (Å²) in [5.41, 5.74) is 7.60. The Kier molecular flexibility index (Phi) is 3.08. The van der Waals surface area contributed by atoms with Crippen LogP contribution in [-0.4, -0.2) is 36.2 Å². The molecule has 0 aromatic heterocycles. The summed E-state index contributed by atoms with van der Waals surface area (Å²) in [4.78, 5) is 2.36. The molecule has 0 amide bonds. The monoisotopic (exact) mass is 207 g/mol. The lowest BCUT2D eigenvalue weighted by Crippen LogP contribution is -2.42. The highest BCUT2D eigenvalue weighted by Gasteiger charge is 2.11. The molecule has 1 heterocycles. The Bertz CT molecular complexity index is 335. The van der Waals surface area contributed by atoms with Gasteiger partial charge in [0, 0.05) is 44.5 Å². The second-order valence-electron chi connectivity index (χ2n) is 3.91. The number of nitrogens with two attached hydrogens (primary N) is 1. The van der Waals surface area contributed by atoms with Crippen LogP contribution >= 0.6 is 0 Å². The van der Waals surface area contributed by atoms with E-state index >= 15 is 0 Å². The molecule has 4 heteroatoms. The van der Waals surface area contributed by atoms with Crippen LogP contribution in [0.2, 0.25) is 0 Å². The Labute approximate surface area is 89.7 Å².